The van der Waals surface area contributed by atoms with E-state index in [1.54, 1.807) is 4.90 Å². The van der Waals surface area contributed by atoms with Crippen LogP contribution in [0, 0.1) is 0 Å². The maximum absolute atomic E-state index is 11.9. The summed E-state index contributed by atoms with van der Waals surface area (Å²) >= 11 is 0. The van der Waals surface area contributed by atoms with Crippen LogP contribution in [0.3, 0.4) is 0 Å². The molecule has 1 fully saturated rings. The van der Waals surface area contributed by atoms with E-state index >= 15 is 0 Å². The zero-order valence-corrected chi connectivity index (χ0v) is 13.1. The largest absolute Gasteiger partial charge is 0.481 e. The van der Waals surface area contributed by atoms with Crippen molar-refractivity contribution in [3.8, 4) is 0 Å². The minimum atomic E-state index is -0.783. The van der Waals surface area contributed by atoms with E-state index < -0.39 is 12.0 Å². The van der Waals surface area contributed by atoms with E-state index in [0.717, 1.165) is 45.2 Å². The standard InChI is InChI=1S/C15H27N3O4/c16-12(15(22)18-9-5-6-10-18)11-17-13(19)7-3-1-2-4-8-14(20)21/h12H,1-11,16H2,(H,17,19)(H,20,21). The fourth-order valence-corrected chi connectivity index (χ4v) is 2.49. The van der Waals surface area contributed by atoms with Crippen LogP contribution in [0.2, 0.25) is 0 Å². The van der Waals surface area contributed by atoms with Crippen LogP contribution in [-0.4, -0.2) is 53.5 Å². The van der Waals surface area contributed by atoms with Gasteiger partial charge in [0, 0.05) is 32.5 Å². The van der Waals surface area contributed by atoms with Gasteiger partial charge in [-0.2, -0.15) is 0 Å². The van der Waals surface area contributed by atoms with E-state index in [1.807, 2.05) is 0 Å². The number of likely N-dealkylation sites (tertiary alicyclic amines) is 1. The number of nitrogens with zero attached hydrogens (tertiary/aromatic N) is 1. The third kappa shape index (κ3) is 7.40. The van der Waals surface area contributed by atoms with Crippen LogP contribution in [0.4, 0.5) is 0 Å². The lowest BCUT2D eigenvalue weighted by molar-refractivity contribution is -0.137. The summed E-state index contributed by atoms with van der Waals surface area (Å²) in [6, 6.07) is -0.669. The summed E-state index contributed by atoms with van der Waals surface area (Å²) in [5.74, 6) is -0.983. The Bertz CT molecular complexity index is 381. The van der Waals surface area contributed by atoms with Crippen LogP contribution in [0.1, 0.15) is 51.4 Å². The number of nitrogens with two attached hydrogens (primary N) is 1. The van der Waals surface area contributed by atoms with Crippen LogP contribution in [0.15, 0.2) is 0 Å². The van der Waals surface area contributed by atoms with Gasteiger partial charge < -0.3 is 21.1 Å². The Hall–Kier alpha value is -1.63. The van der Waals surface area contributed by atoms with Crippen LogP contribution < -0.4 is 11.1 Å². The molecule has 2 amide bonds. The fourth-order valence-electron chi connectivity index (χ4n) is 2.49. The summed E-state index contributed by atoms with van der Waals surface area (Å²) in [5, 5.41) is 11.2. The molecule has 7 heteroatoms. The second-order valence-electron chi connectivity index (χ2n) is 5.75. The van der Waals surface area contributed by atoms with Gasteiger partial charge >= 0.3 is 5.97 Å². The normalized spacial score (nSPS) is 15.6. The average Bonchev–Trinajstić information content (AvgIpc) is 3.01. The fraction of sp³-hybridized carbons (Fsp3) is 0.800. The molecular formula is C15H27N3O4. The lowest BCUT2D eigenvalue weighted by atomic mass is 10.1. The molecule has 0 aliphatic carbocycles. The number of nitrogens with one attached hydrogen (secondary N) is 1. The van der Waals surface area contributed by atoms with Crippen LogP contribution in [-0.2, 0) is 14.4 Å². The number of carbonyl (C=O) groups is 3. The van der Waals surface area contributed by atoms with E-state index in [4.69, 9.17) is 10.8 Å². The molecule has 0 spiro atoms. The molecular weight excluding hydrogens is 286 g/mol. The molecule has 1 unspecified atom stereocenters. The van der Waals surface area contributed by atoms with Crippen molar-refractivity contribution in [3.05, 3.63) is 0 Å². The molecule has 22 heavy (non-hydrogen) atoms. The third-order valence-corrected chi connectivity index (χ3v) is 3.80. The predicted molar refractivity (Wildman–Crippen MR) is 82.1 cm³/mol. The van der Waals surface area contributed by atoms with Crippen molar-refractivity contribution in [1.82, 2.24) is 10.2 Å². The minimum absolute atomic E-state index is 0.0912. The third-order valence-electron chi connectivity index (χ3n) is 3.80. The summed E-state index contributed by atoms with van der Waals surface area (Å²) in [6.07, 6.45) is 5.62. The number of hydrogen-bond donors (Lipinski definition) is 3. The number of hydrogen-bond acceptors (Lipinski definition) is 4. The Morgan fingerprint density at radius 2 is 1.64 bits per heavy atom. The number of carbonyl (C=O) groups excluding carboxylic acids is 2. The molecule has 0 saturated carbocycles. The number of rotatable bonds is 10. The zero-order chi connectivity index (χ0) is 16.4. The van der Waals surface area contributed by atoms with Gasteiger partial charge in [0.05, 0.1) is 0 Å². The van der Waals surface area contributed by atoms with Crippen LogP contribution >= 0.6 is 0 Å². The highest BCUT2D eigenvalue weighted by atomic mass is 16.4. The van der Waals surface area contributed by atoms with Gasteiger partial charge in [0.1, 0.15) is 6.04 Å². The van der Waals surface area contributed by atoms with Gasteiger partial charge in [-0.05, 0) is 25.7 Å². The molecule has 7 nitrogen and oxygen atoms in total. The van der Waals surface area contributed by atoms with E-state index in [2.05, 4.69) is 5.32 Å². The summed E-state index contributed by atoms with van der Waals surface area (Å²) in [6.45, 7) is 1.70. The molecule has 0 bridgehead atoms. The van der Waals surface area contributed by atoms with Crippen molar-refractivity contribution in [1.29, 1.82) is 0 Å². The van der Waals surface area contributed by atoms with Crippen LogP contribution in [0.5, 0.6) is 0 Å². The molecule has 0 aromatic heterocycles. The molecule has 4 N–H and O–H groups in total. The van der Waals surface area contributed by atoms with Crippen molar-refractivity contribution < 1.29 is 19.5 Å². The van der Waals surface area contributed by atoms with Crippen molar-refractivity contribution in [2.45, 2.75) is 57.4 Å². The van der Waals surface area contributed by atoms with E-state index in [-0.39, 0.29) is 24.8 Å². The summed E-state index contributed by atoms with van der Waals surface area (Å²) in [5.41, 5.74) is 5.81. The highest BCUT2D eigenvalue weighted by Crippen LogP contribution is 2.08. The monoisotopic (exact) mass is 313 g/mol. The number of carboxylic acids is 1. The zero-order valence-electron chi connectivity index (χ0n) is 13.1. The maximum Gasteiger partial charge on any atom is 0.303 e. The summed E-state index contributed by atoms with van der Waals surface area (Å²) in [4.78, 5) is 35.7. The molecule has 0 aromatic rings. The SMILES string of the molecule is NC(CNC(=O)CCCCCCC(=O)O)C(=O)N1CCCC1. The van der Waals surface area contributed by atoms with Gasteiger partial charge in [0.15, 0.2) is 0 Å². The van der Waals surface area contributed by atoms with Gasteiger partial charge in [-0.25, -0.2) is 0 Å². The Morgan fingerprint density at radius 1 is 1.05 bits per heavy atom. The predicted octanol–water partition coefficient (Wildman–Crippen LogP) is 0.478. The lowest BCUT2D eigenvalue weighted by Crippen LogP contribution is -2.48. The van der Waals surface area contributed by atoms with Gasteiger partial charge in [-0.1, -0.05) is 12.8 Å². The Labute approximate surface area is 131 Å². The molecule has 1 atom stereocenters. The molecule has 1 saturated heterocycles. The summed E-state index contributed by atoms with van der Waals surface area (Å²) < 4.78 is 0. The number of unbranched alkanes of at least 4 members (excludes halogenated alkanes) is 3. The highest BCUT2D eigenvalue weighted by Gasteiger charge is 2.23. The van der Waals surface area contributed by atoms with Gasteiger partial charge in [0.25, 0.3) is 0 Å². The van der Waals surface area contributed by atoms with Crippen molar-refractivity contribution in [2.24, 2.45) is 5.73 Å². The van der Waals surface area contributed by atoms with Crippen LogP contribution in [0.25, 0.3) is 0 Å². The van der Waals surface area contributed by atoms with Crippen molar-refractivity contribution >= 4 is 17.8 Å². The first-order valence-corrected chi connectivity index (χ1v) is 8.03. The molecule has 126 valence electrons. The molecule has 1 heterocycles. The van der Waals surface area contributed by atoms with Gasteiger partial charge in [0.2, 0.25) is 11.8 Å². The van der Waals surface area contributed by atoms with E-state index in [9.17, 15) is 14.4 Å². The van der Waals surface area contributed by atoms with E-state index in [0.29, 0.717) is 12.8 Å². The maximum atomic E-state index is 11.9. The number of aliphatic carboxylic acids is 1. The first-order chi connectivity index (χ1) is 10.5. The van der Waals surface area contributed by atoms with E-state index in [1.165, 1.54) is 0 Å². The van der Waals surface area contributed by atoms with Crippen molar-refractivity contribution in [3.63, 3.8) is 0 Å². The number of amides is 2. The average molecular weight is 313 g/mol. The lowest BCUT2D eigenvalue weighted by Gasteiger charge is -2.20. The first kappa shape index (κ1) is 18.4. The van der Waals surface area contributed by atoms with Crippen molar-refractivity contribution in [2.75, 3.05) is 19.6 Å². The smallest absolute Gasteiger partial charge is 0.303 e. The second-order valence-corrected chi connectivity index (χ2v) is 5.75. The second kappa shape index (κ2) is 10.2. The molecule has 1 aliphatic rings. The Balaban J connectivity index is 2.04. The number of carboxylic acid groups (broad SMARTS) is 1. The quantitative estimate of drug-likeness (QED) is 0.508. The van der Waals surface area contributed by atoms with Gasteiger partial charge in [-0.15, -0.1) is 0 Å². The topological polar surface area (TPSA) is 113 Å². The first-order valence-electron chi connectivity index (χ1n) is 8.03. The highest BCUT2D eigenvalue weighted by molar-refractivity contribution is 5.83. The molecule has 1 aliphatic heterocycles. The van der Waals surface area contributed by atoms with Gasteiger partial charge in [-0.3, -0.25) is 14.4 Å². The summed E-state index contributed by atoms with van der Waals surface area (Å²) in [7, 11) is 0. The molecule has 0 aromatic carbocycles. The Morgan fingerprint density at radius 3 is 2.23 bits per heavy atom. The molecule has 0 radical (unpaired) electrons. The minimum Gasteiger partial charge on any atom is -0.481 e. The molecule has 1 rings (SSSR count). The Kier molecular flexibility index (Phi) is 8.50.